The number of benzene rings is 1. The highest BCUT2D eigenvalue weighted by Gasteiger charge is 2.50. The number of carbonyl (C=O) groups excluding carboxylic acids is 1. The average molecular weight is 521 g/mol. The molecule has 8 nitrogen and oxygen atoms in total. The Balaban J connectivity index is 1.47. The maximum Gasteiger partial charge on any atom is 0.406 e. The lowest BCUT2D eigenvalue weighted by Crippen LogP contribution is -2.39. The van der Waals surface area contributed by atoms with Gasteiger partial charge in [-0.25, -0.2) is 4.39 Å². The molecular weight excluding hydrogens is 492 g/mol. The van der Waals surface area contributed by atoms with Gasteiger partial charge in [-0.1, -0.05) is 25.1 Å². The zero-order valence-corrected chi connectivity index (χ0v) is 20.8. The van der Waals surface area contributed by atoms with E-state index >= 15 is 0 Å². The number of carbonyl (C=O) groups is 1. The molecule has 0 bridgehead atoms. The fourth-order valence-electron chi connectivity index (χ4n) is 4.75. The highest BCUT2D eigenvalue weighted by atomic mass is 19.4. The molecule has 0 unspecified atom stereocenters. The minimum absolute atomic E-state index is 0.0247. The van der Waals surface area contributed by atoms with Crippen LogP contribution in [-0.4, -0.2) is 63.7 Å². The van der Waals surface area contributed by atoms with Crippen molar-refractivity contribution in [1.82, 2.24) is 24.9 Å². The Morgan fingerprint density at radius 3 is 2.76 bits per heavy atom. The van der Waals surface area contributed by atoms with Gasteiger partial charge in [0.05, 0.1) is 29.2 Å². The number of hydrogen-bond donors (Lipinski definition) is 1. The molecule has 1 aliphatic carbocycles. The van der Waals surface area contributed by atoms with E-state index in [0.29, 0.717) is 29.8 Å². The van der Waals surface area contributed by atoms with Gasteiger partial charge in [0.2, 0.25) is 17.6 Å². The molecule has 2 aliphatic rings. The van der Waals surface area contributed by atoms with Crippen molar-refractivity contribution in [2.75, 3.05) is 20.1 Å². The van der Waals surface area contributed by atoms with E-state index in [2.05, 4.69) is 20.4 Å². The molecule has 198 valence electrons. The maximum atomic E-state index is 14.6. The quantitative estimate of drug-likeness (QED) is 0.478. The molecule has 37 heavy (non-hydrogen) atoms. The van der Waals surface area contributed by atoms with Crippen LogP contribution in [0.4, 0.5) is 23.2 Å². The van der Waals surface area contributed by atoms with E-state index in [9.17, 15) is 22.4 Å². The minimum atomic E-state index is -4.52. The maximum absolute atomic E-state index is 14.6. The summed E-state index contributed by atoms with van der Waals surface area (Å²) < 4.78 is 61.5. The number of fused-ring (bicyclic) bond motifs is 1. The Kier molecular flexibility index (Phi) is 6.33. The van der Waals surface area contributed by atoms with E-state index in [4.69, 9.17) is 4.52 Å². The van der Waals surface area contributed by atoms with Crippen molar-refractivity contribution in [3.63, 3.8) is 0 Å². The van der Waals surface area contributed by atoms with Crippen LogP contribution in [0.25, 0.3) is 22.4 Å². The SMILES string of the molecule is CN1CCC(=Nc2cccc3c2cc(-c2noc(CNC(=O)[C@H]4CC4(C)C)n2)n3CC(F)(F)F)[C@@H](F)C1. The molecular formula is C25H28F4N6O2. The van der Waals surface area contributed by atoms with Crippen molar-refractivity contribution in [1.29, 1.82) is 0 Å². The molecule has 2 fully saturated rings. The molecule has 1 amide bonds. The number of aliphatic imine (C=N–C) groups is 1. The number of likely N-dealkylation sites (tertiary alicyclic amines) is 1. The summed E-state index contributed by atoms with van der Waals surface area (Å²) in [6.07, 6.45) is -4.54. The molecule has 1 saturated carbocycles. The number of nitrogens with zero attached hydrogens (tertiary/aromatic N) is 5. The predicted octanol–water partition coefficient (Wildman–Crippen LogP) is 4.66. The number of rotatable bonds is 6. The molecule has 2 aromatic heterocycles. The molecule has 1 aliphatic heterocycles. The summed E-state index contributed by atoms with van der Waals surface area (Å²) in [5.74, 6) is -0.173. The fourth-order valence-corrected chi connectivity index (χ4v) is 4.75. The van der Waals surface area contributed by atoms with Gasteiger partial charge in [-0.05, 0) is 37.1 Å². The first-order valence-electron chi connectivity index (χ1n) is 12.1. The van der Waals surface area contributed by atoms with E-state index in [1.807, 2.05) is 25.8 Å². The summed E-state index contributed by atoms with van der Waals surface area (Å²) in [6.45, 7) is 3.57. The normalized spacial score (nSPS) is 23.1. The molecule has 1 aromatic carbocycles. The highest BCUT2D eigenvalue weighted by Crippen LogP contribution is 2.51. The van der Waals surface area contributed by atoms with Gasteiger partial charge in [-0.2, -0.15) is 18.2 Å². The molecule has 3 aromatic rings. The van der Waals surface area contributed by atoms with Gasteiger partial charge in [-0.3, -0.25) is 9.79 Å². The molecule has 5 rings (SSSR count). The molecule has 3 heterocycles. The standard InChI is InChI=1S/C25H28F4N6O2/c1-24(2)10-15(24)23(36)30-11-21-32-22(33-37-21)20-9-14-17(31-18-7-8-34(3)12-16(18)26)5-4-6-19(14)35(20)13-25(27,28)29/h4-6,9,15-16H,7-8,10-13H2,1-3H3,(H,30,36)/t15-,16+/m1/s1. The van der Waals surface area contributed by atoms with Gasteiger partial charge >= 0.3 is 6.18 Å². The van der Waals surface area contributed by atoms with Gasteiger partial charge < -0.3 is 19.3 Å². The number of aromatic nitrogens is 3. The predicted molar refractivity (Wildman–Crippen MR) is 129 cm³/mol. The average Bonchev–Trinajstić information content (AvgIpc) is 3.12. The van der Waals surface area contributed by atoms with Crippen molar-refractivity contribution in [2.45, 2.75) is 52.1 Å². The molecule has 0 radical (unpaired) electrons. The van der Waals surface area contributed by atoms with E-state index in [0.717, 1.165) is 11.0 Å². The van der Waals surface area contributed by atoms with Crippen molar-refractivity contribution < 1.29 is 26.9 Å². The first-order chi connectivity index (χ1) is 17.4. The van der Waals surface area contributed by atoms with Gasteiger partial charge in [-0.15, -0.1) is 0 Å². The monoisotopic (exact) mass is 520 g/mol. The first-order valence-corrected chi connectivity index (χ1v) is 12.1. The second kappa shape index (κ2) is 9.23. The summed E-state index contributed by atoms with van der Waals surface area (Å²) in [5.41, 5.74) is 1.06. The van der Waals surface area contributed by atoms with E-state index in [-0.39, 0.29) is 53.3 Å². The highest BCUT2D eigenvalue weighted by molar-refractivity contribution is 5.99. The third-order valence-electron chi connectivity index (χ3n) is 7.05. The summed E-state index contributed by atoms with van der Waals surface area (Å²) in [5, 5.41) is 7.05. The van der Waals surface area contributed by atoms with Gasteiger partial charge in [0.15, 0.2) is 6.17 Å². The van der Waals surface area contributed by atoms with Crippen LogP contribution < -0.4 is 5.32 Å². The third kappa shape index (κ3) is 5.39. The fraction of sp³-hybridized carbons (Fsp3) is 0.520. The van der Waals surface area contributed by atoms with Crippen LogP contribution in [0, 0.1) is 11.3 Å². The summed E-state index contributed by atoms with van der Waals surface area (Å²) in [6, 6.07) is 6.31. The Bertz CT molecular complexity index is 1360. The number of amides is 1. The van der Waals surface area contributed by atoms with Gasteiger partial charge in [0.25, 0.3) is 0 Å². The zero-order valence-electron chi connectivity index (χ0n) is 20.8. The van der Waals surface area contributed by atoms with Crippen molar-refractivity contribution >= 4 is 28.2 Å². The largest absolute Gasteiger partial charge is 0.406 e. The number of alkyl halides is 4. The lowest BCUT2D eigenvalue weighted by molar-refractivity contribution is -0.139. The van der Waals surface area contributed by atoms with Gasteiger partial charge in [0.1, 0.15) is 6.54 Å². The van der Waals surface area contributed by atoms with E-state index in [1.165, 1.54) is 6.07 Å². The number of halogens is 4. The van der Waals surface area contributed by atoms with Gasteiger partial charge in [0, 0.05) is 30.8 Å². The first kappa shape index (κ1) is 25.4. The smallest absolute Gasteiger partial charge is 0.347 e. The molecule has 0 spiro atoms. The van der Waals surface area contributed by atoms with Crippen LogP contribution in [-0.2, 0) is 17.9 Å². The van der Waals surface area contributed by atoms with E-state index < -0.39 is 18.9 Å². The van der Waals surface area contributed by atoms with Crippen LogP contribution in [0.5, 0.6) is 0 Å². The second-order valence-corrected chi connectivity index (χ2v) is 10.5. The lowest BCUT2D eigenvalue weighted by atomic mass is 10.1. The topological polar surface area (TPSA) is 88.6 Å². The van der Waals surface area contributed by atoms with Crippen LogP contribution in [0.1, 0.15) is 32.6 Å². The minimum Gasteiger partial charge on any atom is -0.347 e. The summed E-state index contributed by atoms with van der Waals surface area (Å²) in [7, 11) is 1.82. The second-order valence-electron chi connectivity index (χ2n) is 10.5. The molecule has 1 N–H and O–H groups in total. The van der Waals surface area contributed by atoms with Crippen LogP contribution in [0.3, 0.4) is 0 Å². The van der Waals surface area contributed by atoms with Crippen LogP contribution in [0.15, 0.2) is 33.8 Å². The lowest BCUT2D eigenvalue weighted by Gasteiger charge is -2.26. The Morgan fingerprint density at radius 2 is 2.08 bits per heavy atom. The van der Waals surface area contributed by atoms with E-state index in [1.54, 1.807) is 18.2 Å². The summed E-state index contributed by atoms with van der Waals surface area (Å²) >= 11 is 0. The molecule has 2 atom stereocenters. The Hall–Kier alpha value is -3.28. The molecule has 1 saturated heterocycles. The molecule has 12 heteroatoms. The summed E-state index contributed by atoms with van der Waals surface area (Å²) in [4.78, 5) is 22.9. The van der Waals surface area contributed by atoms with Crippen molar-refractivity contribution in [3.8, 4) is 11.5 Å². The van der Waals surface area contributed by atoms with Crippen LogP contribution >= 0.6 is 0 Å². The Labute approximate surface area is 210 Å². The number of nitrogens with one attached hydrogen (secondary N) is 1. The third-order valence-corrected chi connectivity index (χ3v) is 7.05. The number of hydrogen-bond acceptors (Lipinski definition) is 6. The van der Waals surface area contributed by atoms with Crippen molar-refractivity contribution in [2.24, 2.45) is 16.3 Å². The van der Waals surface area contributed by atoms with Crippen molar-refractivity contribution in [3.05, 3.63) is 30.2 Å². The zero-order chi connectivity index (χ0) is 26.5. The Morgan fingerprint density at radius 1 is 1.32 bits per heavy atom. The van der Waals surface area contributed by atoms with Crippen LogP contribution in [0.2, 0.25) is 0 Å². The number of piperidine rings is 1.